The molecule has 0 bridgehead atoms. The Morgan fingerprint density at radius 3 is 2.67 bits per heavy atom. The maximum absolute atomic E-state index is 11.1. The highest BCUT2D eigenvalue weighted by molar-refractivity contribution is 5.90. The molecule has 24 heavy (non-hydrogen) atoms. The Balaban J connectivity index is 0.00000208. The Hall–Kier alpha value is -2.86. The monoisotopic (exact) mass is 344 g/mol. The van der Waals surface area contributed by atoms with Gasteiger partial charge in [0, 0.05) is 19.7 Å². The van der Waals surface area contributed by atoms with Crippen LogP contribution >= 0.6 is 12.4 Å². The standard InChI is InChI=1S/C17H16N4O2.ClH/c1-12(22)21-23-15-11-19-14-8-5-9-18-16(14)17(15)20-10-13-6-3-2-4-7-13;/h2-9,11H,10H2,1H3,(H,19,20)(H,21,22);1H. The molecular weight excluding hydrogens is 328 g/mol. The molecule has 6 nitrogen and oxygen atoms in total. The Kier molecular flexibility index (Phi) is 5.92. The van der Waals surface area contributed by atoms with Crippen LogP contribution in [0.1, 0.15) is 12.5 Å². The number of carbonyl (C=O) groups excluding carboxylic acids is 1. The third-order valence-corrected chi connectivity index (χ3v) is 3.21. The van der Waals surface area contributed by atoms with E-state index < -0.39 is 0 Å². The molecule has 0 atom stereocenters. The number of pyridine rings is 2. The Bertz CT molecular complexity index is 827. The first-order valence-electron chi connectivity index (χ1n) is 7.19. The zero-order chi connectivity index (χ0) is 16.1. The minimum atomic E-state index is -0.292. The first-order valence-corrected chi connectivity index (χ1v) is 7.19. The van der Waals surface area contributed by atoms with Gasteiger partial charge in [0.05, 0.1) is 11.7 Å². The number of benzene rings is 1. The normalized spacial score (nSPS) is 9.88. The van der Waals surface area contributed by atoms with Crippen LogP contribution in [0.5, 0.6) is 5.75 Å². The van der Waals surface area contributed by atoms with Gasteiger partial charge in [-0.1, -0.05) is 30.3 Å². The van der Waals surface area contributed by atoms with Crippen molar-refractivity contribution in [3.05, 3.63) is 60.4 Å². The van der Waals surface area contributed by atoms with Crippen molar-refractivity contribution in [2.24, 2.45) is 0 Å². The molecule has 2 N–H and O–H groups in total. The van der Waals surface area contributed by atoms with Crippen molar-refractivity contribution >= 4 is 35.0 Å². The van der Waals surface area contributed by atoms with Gasteiger partial charge in [-0.15, -0.1) is 12.4 Å². The molecule has 2 aromatic heterocycles. The maximum Gasteiger partial charge on any atom is 0.249 e. The molecule has 0 radical (unpaired) electrons. The largest absolute Gasteiger partial charge is 0.376 e. The molecule has 0 saturated heterocycles. The van der Waals surface area contributed by atoms with Crippen molar-refractivity contribution in [3.8, 4) is 5.75 Å². The lowest BCUT2D eigenvalue weighted by Gasteiger charge is -2.14. The predicted octanol–water partition coefficient (Wildman–Crippen LogP) is 3.09. The zero-order valence-electron chi connectivity index (χ0n) is 13.0. The molecule has 1 aromatic carbocycles. The summed E-state index contributed by atoms with van der Waals surface area (Å²) in [4.78, 5) is 25.1. The molecule has 1 amide bonds. The van der Waals surface area contributed by atoms with Gasteiger partial charge in [0.25, 0.3) is 0 Å². The summed E-state index contributed by atoms with van der Waals surface area (Å²) in [6.45, 7) is 1.98. The number of anilines is 1. The fourth-order valence-corrected chi connectivity index (χ4v) is 2.16. The lowest BCUT2D eigenvalue weighted by molar-refractivity contribution is -0.125. The first kappa shape index (κ1) is 17.5. The number of fused-ring (bicyclic) bond motifs is 1. The number of carbonyl (C=O) groups is 1. The van der Waals surface area contributed by atoms with E-state index in [0.29, 0.717) is 23.5 Å². The van der Waals surface area contributed by atoms with Crippen LogP contribution in [0, 0.1) is 0 Å². The molecule has 0 saturated carbocycles. The molecule has 3 rings (SSSR count). The summed E-state index contributed by atoms with van der Waals surface area (Å²) in [5.74, 6) is 0.127. The zero-order valence-corrected chi connectivity index (χ0v) is 13.8. The van der Waals surface area contributed by atoms with Crippen LogP contribution in [0.15, 0.2) is 54.9 Å². The number of hydrogen-bond donors (Lipinski definition) is 2. The number of hydrogen-bond acceptors (Lipinski definition) is 5. The molecule has 7 heteroatoms. The van der Waals surface area contributed by atoms with E-state index in [2.05, 4.69) is 20.8 Å². The van der Waals surface area contributed by atoms with Gasteiger partial charge >= 0.3 is 0 Å². The molecule has 2 heterocycles. The Morgan fingerprint density at radius 2 is 1.92 bits per heavy atom. The summed E-state index contributed by atoms with van der Waals surface area (Å²) in [7, 11) is 0. The SMILES string of the molecule is CC(=O)NOc1cnc2cccnc2c1NCc1ccccc1.Cl. The Morgan fingerprint density at radius 1 is 1.12 bits per heavy atom. The fourth-order valence-electron chi connectivity index (χ4n) is 2.16. The number of halogens is 1. The molecule has 0 aliphatic carbocycles. The average molecular weight is 345 g/mol. The third kappa shape index (κ3) is 4.11. The molecule has 0 unspecified atom stereocenters. The summed E-state index contributed by atoms with van der Waals surface area (Å²) in [6, 6.07) is 13.7. The maximum atomic E-state index is 11.1. The van der Waals surface area contributed by atoms with Crippen molar-refractivity contribution in [3.63, 3.8) is 0 Å². The second kappa shape index (κ2) is 8.12. The first-order chi connectivity index (χ1) is 11.2. The number of nitrogens with one attached hydrogen (secondary N) is 2. The summed E-state index contributed by atoms with van der Waals surface area (Å²) in [5.41, 5.74) is 5.57. The van der Waals surface area contributed by atoms with E-state index in [1.165, 1.54) is 6.92 Å². The molecule has 0 fully saturated rings. The average Bonchev–Trinajstić information content (AvgIpc) is 2.59. The molecule has 124 valence electrons. The molecule has 0 spiro atoms. The van der Waals surface area contributed by atoms with Crippen LogP contribution in [-0.4, -0.2) is 15.9 Å². The summed E-state index contributed by atoms with van der Waals surface area (Å²) in [6.07, 6.45) is 3.26. The van der Waals surface area contributed by atoms with Crippen LogP contribution in [0.4, 0.5) is 5.69 Å². The molecule has 0 aliphatic heterocycles. The van der Waals surface area contributed by atoms with E-state index in [-0.39, 0.29) is 18.3 Å². The summed E-state index contributed by atoms with van der Waals surface area (Å²) >= 11 is 0. The van der Waals surface area contributed by atoms with E-state index in [0.717, 1.165) is 11.1 Å². The van der Waals surface area contributed by atoms with Crippen LogP contribution in [0.2, 0.25) is 0 Å². The third-order valence-electron chi connectivity index (χ3n) is 3.21. The summed E-state index contributed by atoms with van der Waals surface area (Å²) in [5, 5.41) is 3.32. The second-order valence-electron chi connectivity index (χ2n) is 4.97. The van der Waals surface area contributed by atoms with Gasteiger partial charge in [0.15, 0.2) is 5.75 Å². The van der Waals surface area contributed by atoms with E-state index in [4.69, 9.17) is 4.84 Å². The summed E-state index contributed by atoms with van der Waals surface area (Å²) < 4.78 is 0. The van der Waals surface area contributed by atoms with Gasteiger partial charge in [0.1, 0.15) is 11.2 Å². The van der Waals surface area contributed by atoms with Crippen molar-refractivity contribution in [2.45, 2.75) is 13.5 Å². The number of hydroxylamine groups is 1. The Labute approximate surface area is 145 Å². The van der Waals surface area contributed by atoms with Crippen molar-refractivity contribution in [2.75, 3.05) is 5.32 Å². The number of amides is 1. The lowest BCUT2D eigenvalue weighted by atomic mass is 10.2. The quantitative estimate of drug-likeness (QED) is 0.695. The minimum absolute atomic E-state index is 0. The highest BCUT2D eigenvalue weighted by atomic mass is 35.5. The number of nitrogens with zero attached hydrogens (tertiary/aromatic N) is 2. The highest BCUT2D eigenvalue weighted by Crippen LogP contribution is 2.30. The molecule has 0 aliphatic rings. The lowest BCUT2D eigenvalue weighted by Crippen LogP contribution is -2.24. The van der Waals surface area contributed by atoms with Crippen LogP contribution < -0.4 is 15.6 Å². The van der Waals surface area contributed by atoms with E-state index in [1.54, 1.807) is 12.4 Å². The fraction of sp³-hybridized carbons (Fsp3) is 0.118. The molecular formula is C17H17ClN4O2. The van der Waals surface area contributed by atoms with Crippen LogP contribution in [0.3, 0.4) is 0 Å². The number of aromatic nitrogens is 2. The van der Waals surface area contributed by atoms with Gasteiger partial charge in [-0.2, -0.15) is 5.48 Å². The van der Waals surface area contributed by atoms with Crippen LogP contribution in [-0.2, 0) is 11.3 Å². The second-order valence-corrected chi connectivity index (χ2v) is 4.97. The van der Waals surface area contributed by atoms with Crippen molar-refractivity contribution in [1.29, 1.82) is 0 Å². The van der Waals surface area contributed by atoms with Gasteiger partial charge in [-0.25, -0.2) is 0 Å². The topological polar surface area (TPSA) is 76.1 Å². The minimum Gasteiger partial charge on any atom is -0.376 e. The van der Waals surface area contributed by atoms with E-state index >= 15 is 0 Å². The van der Waals surface area contributed by atoms with Gasteiger partial charge in [-0.3, -0.25) is 14.8 Å². The van der Waals surface area contributed by atoms with Gasteiger partial charge in [-0.05, 0) is 17.7 Å². The smallest absolute Gasteiger partial charge is 0.249 e. The van der Waals surface area contributed by atoms with Gasteiger partial charge < -0.3 is 10.2 Å². The van der Waals surface area contributed by atoms with E-state index in [1.807, 2.05) is 42.5 Å². The molecule has 3 aromatic rings. The van der Waals surface area contributed by atoms with E-state index in [9.17, 15) is 4.79 Å². The highest BCUT2D eigenvalue weighted by Gasteiger charge is 2.12. The van der Waals surface area contributed by atoms with Crippen LogP contribution in [0.25, 0.3) is 11.0 Å². The van der Waals surface area contributed by atoms with Crippen molar-refractivity contribution in [1.82, 2.24) is 15.4 Å². The van der Waals surface area contributed by atoms with Crippen molar-refractivity contribution < 1.29 is 9.63 Å². The predicted molar refractivity (Wildman–Crippen MR) is 95.0 cm³/mol. The number of rotatable bonds is 5. The van der Waals surface area contributed by atoms with Gasteiger partial charge in [0.2, 0.25) is 5.91 Å².